The Morgan fingerprint density at radius 3 is 3.12 bits per heavy atom. The van der Waals surface area contributed by atoms with E-state index in [1.54, 1.807) is 11.3 Å². The van der Waals surface area contributed by atoms with Crippen molar-refractivity contribution in [3.8, 4) is 0 Å². The fraction of sp³-hybridized carbons (Fsp3) is 0.273. The third kappa shape index (κ3) is 2.77. The minimum absolute atomic E-state index is 0.0909. The summed E-state index contributed by atoms with van der Waals surface area (Å²) in [7, 11) is 1.84. The second kappa shape index (κ2) is 5.05. The minimum atomic E-state index is -0.0909. The van der Waals surface area contributed by atoms with Crippen LogP contribution in [-0.4, -0.2) is 17.0 Å². The van der Waals surface area contributed by atoms with E-state index in [9.17, 15) is 4.79 Å². The van der Waals surface area contributed by atoms with Crippen LogP contribution < -0.4 is 10.9 Å². The van der Waals surface area contributed by atoms with Gasteiger partial charge < -0.3 is 10.3 Å². The van der Waals surface area contributed by atoms with Gasteiger partial charge in [0.15, 0.2) is 0 Å². The van der Waals surface area contributed by atoms with Crippen molar-refractivity contribution in [2.24, 2.45) is 0 Å². The van der Waals surface area contributed by atoms with E-state index in [1.165, 1.54) is 10.9 Å². The second-order valence-corrected chi connectivity index (χ2v) is 4.50. The number of rotatable bonds is 4. The summed E-state index contributed by atoms with van der Waals surface area (Å²) in [5, 5.41) is 5.00. The summed E-state index contributed by atoms with van der Waals surface area (Å²) in [4.78, 5) is 19.7. The Hall–Kier alpha value is -1.46. The number of nitrogens with zero attached hydrogens (tertiary/aromatic N) is 1. The van der Waals surface area contributed by atoms with Crippen molar-refractivity contribution >= 4 is 11.3 Å². The summed E-state index contributed by atoms with van der Waals surface area (Å²) in [6, 6.07) is 5.55. The summed E-state index contributed by atoms with van der Waals surface area (Å²) in [5.74, 6) is 0.722. The predicted molar refractivity (Wildman–Crippen MR) is 64.7 cm³/mol. The molecule has 0 radical (unpaired) electrons. The molecule has 2 aromatic rings. The molecule has 0 aliphatic heterocycles. The molecule has 2 aromatic heterocycles. The Labute approximate surface area is 97.4 Å². The van der Waals surface area contributed by atoms with Gasteiger partial charge >= 0.3 is 0 Å². The lowest BCUT2D eigenvalue weighted by Crippen LogP contribution is -2.16. The van der Waals surface area contributed by atoms with Crippen LogP contribution in [0.3, 0.4) is 0 Å². The average Bonchev–Trinajstić information content (AvgIpc) is 2.70. The Morgan fingerprint density at radius 2 is 2.44 bits per heavy atom. The van der Waals surface area contributed by atoms with Gasteiger partial charge in [-0.25, -0.2) is 4.98 Å². The standard InChI is InChI=1S/C11H13N3OS/c1-12-7-8-5-11(15)14-10(13-8)6-9-3-2-4-16-9/h2-5,12H,6-7H2,1H3,(H,13,14,15). The Balaban J connectivity index is 2.23. The molecule has 0 unspecified atom stereocenters. The fourth-order valence-corrected chi connectivity index (χ4v) is 2.21. The molecule has 2 heterocycles. The van der Waals surface area contributed by atoms with E-state index in [-0.39, 0.29) is 5.56 Å². The lowest BCUT2D eigenvalue weighted by molar-refractivity contribution is 0.768. The molecular formula is C11H13N3OS. The maximum atomic E-state index is 11.4. The highest BCUT2D eigenvalue weighted by Crippen LogP contribution is 2.11. The Bertz CT molecular complexity index is 504. The van der Waals surface area contributed by atoms with Gasteiger partial charge in [0, 0.05) is 23.9 Å². The monoisotopic (exact) mass is 235 g/mol. The van der Waals surface area contributed by atoms with Crippen molar-refractivity contribution in [3.05, 3.63) is 50.3 Å². The number of nitrogens with one attached hydrogen (secondary N) is 2. The first-order valence-corrected chi connectivity index (χ1v) is 5.92. The van der Waals surface area contributed by atoms with E-state index in [0.717, 1.165) is 11.5 Å². The van der Waals surface area contributed by atoms with Crippen molar-refractivity contribution in [2.45, 2.75) is 13.0 Å². The number of aromatic amines is 1. The lowest BCUT2D eigenvalue weighted by atomic mass is 10.3. The van der Waals surface area contributed by atoms with Gasteiger partial charge in [-0.05, 0) is 18.5 Å². The molecule has 2 rings (SSSR count). The van der Waals surface area contributed by atoms with Gasteiger partial charge in [0.05, 0.1) is 5.69 Å². The van der Waals surface area contributed by atoms with Gasteiger partial charge in [-0.15, -0.1) is 11.3 Å². The van der Waals surface area contributed by atoms with Crippen LogP contribution in [0.4, 0.5) is 0 Å². The van der Waals surface area contributed by atoms with Crippen LogP contribution in [0.1, 0.15) is 16.4 Å². The highest BCUT2D eigenvalue weighted by Gasteiger charge is 2.02. The summed E-state index contributed by atoms with van der Waals surface area (Å²) in [5.41, 5.74) is 0.685. The van der Waals surface area contributed by atoms with E-state index in [0.29, 0.717) is 13.0 Å². The van der Waals surface area contributed by atoms with Crippen LogP contribution in [0.2, 0.25) is 0 Å². The molecule has 0 saturated carbocycles. The summed E-state index contributed by atoms with van der Waals surface area (Å²) in [6.45, 7) is 0.612. The normalized spacial score (nSPS) is 10.6. The first kappa shape index (κ1) is 11.0. The smallest absolute Gasteiger partial charge is 0.251 e. The van der Waals surface area contributed by atoms with Crippen LogP contribution in [0.15, 0.2) is 28.4 Å². The fourth-order valence-electron chi connectivity index (χ4n) is 1.50. The molecule has 0 spiro atoms. The zero-order valence-corrected chi connectivity index (χ0v) is 9.80. The number of aromatic nitrogens is 2. The van der Waals surface area contributed by atoms with Crippen LogP contribution in [-0.2, 0) is 13.0 Å². The second-order valence-electron chi connectivity index (χ2n) is 3.47. The predicted octanol–water partition coefficient (Wildman–Crippen LogP) is 1.14. The molecular weight excluding hydrogens is 222 g/mol. The molecule has 0 aliphatic rings. The van der Waals surface area contributed by atoms with Crippen LogP contribution in [0, 0.1) is 0 Å². The lowest BCUT2D eigenvalue weighted by Gasteiger charge is -2.02. The largest absolute Gasteiger partial charge is 0.314 e. The minimum Gasteiger partial charge on any atom is -0.314 e. The molecule has 0 aliphatic carbocycles. The molecule has 84 valence electrons. The number of thiophene rings is 1. The Morgan fingerprint density at radius 1 is 1.56 bits per heavy atom. The number of H-pyrrole nitrogens is 1. The highest BCUT2D eigenvalue weighted by molar-refractivity contribution is 7.09. The molecule has 0 atom stereocenters. The third-order valence-corrected chi connectivity index (χ3v) is 3.00. The maximum absolute atomic E-state index is 11.4. The molecule has 4 nitrogen and oxygen atoms in total. The zero-order chi connectivity index (χ0) is 11.4. The van der Waals surface area contributed by atoms with Crippen molar-refractivity contribution in [1.29, 1.82) is 0 Å². The van der Waals surface area contributed by atoms with E-state index >= 15 is 0 Å². The molecule has 0 bridgehead atoms. The van der Waals surface area contributed by atoms with E-state index in [1.807, 2.05) is 24.6 Å². The van der Waals surface area contributed by atoms with Crippen molar-refractivity contribution < 1.29 is 0 Å². The molecule has 2 N–H and O–H groups in total. The highest BCUT2D eigenvalue weighted by atomic mass is 32.1. The summed E-state index contributed by atoms with van der Waals surface area (Å²) in [6.07, 6.45) is 0.685. The SMILES string of the molecule is CNCc1cc(=O)[nH]c(Cc2cccs2)n1. The number of hydrogen-bond donors (Lipinski definition) is 2. The zero-order valence-electron chi connectivity index (χ0n) is 8.99. The maximum Gasteiger partial charge on any atom is 0.251 e. The van der Waals surface area contributed by atoms with Crippen LogP contribution in [0.5, 0.6) is 0 Å². The topological polar surface area (TPSA) is 57.8 Å². The van der Waals surface area contributed by atoms with Gasteiger partial charge in [-0.3, -0.25) is 4.79 Å². The molecule has 0 fully saturated rings. The Kier molecular flexibility index (Phi) is 3.48. The first-order chi connectivity index (χ1) is 7.78. The van der Waals surface area contributed by atoms with Gasteiger partial charge in [0.2, 0.25) is 0 Å². The van der Waals surface area contributed by atoms with E-state index in [2.05, 4.69) is 15.3 Å². The quantitative estimate of drug-likeness (QED) is 0.835. The van der Waals surface area contributed by atoms with Gasteiger partial charge in [0.1, 0.15) is 5.82 Å². The summed E-state index contributed by atoms with van der Waals surface area (Å²) >= 11 is 1.67. The van der Waals surface area contributed by atoms with Crippen molar-refractivity contribution in [1.82, 2.24) is 15.3 Å². The third-order valence-electron chi connectivity index (χ3n) is 2.12. The van der Waals surface area contributed by atoms with Gasteiger partial charge in [-0.1, -0.05) is 6.07 Å². The van der Waals surface area contributed by atoms with E-state index < -0.39 is 0 Å². The summed E-state index contributed by atoms with van der Waals surface area (Å²) < 4.78 is 0. The average molecular weight is 235 g/mol. The van der Waals surface area contributed by atoms with Crippen LogP contribution in [0.25, 0.3) is 0 Å². The molecule has 5 heteroatoms. The molecule has 0 aromatic carbocycles. The molecule has 0 amide bonds. The van der Waals surface area contributed by atoms with Gasteiger partial charge in [-0.2, -0.15) is 0 Å². The van der Waals surface area contributed by atoms with Gasteiger partial charge in [0.25, 0.3) is 5.56 Å². The van der Waals surface area contributed by atoms with Crippen molar-refractivity contribution in [2.75, 3.05) is 7.05 Å². The number of hydrogen-bond acceptors (Lipinski definition) is 4. The van der Waals surface area contributed by atoms with Crippen LogP contribution >= 0.6 is 11.3 Å². The first-order valence-electron chi connectivity index (χ1n) is 5.04. The molecule has 0 saturated heterocycles. The van der Waals surface area contributed by atoms with E-state index in [4.69, 9.17) is 0 Å². The molecule has 16 heavy (non-hydrogen) atoms. The van der Waals surface area contributed by atoms with Crippen molar-refractivity contribution in [3.63, 3.8) is 0 Å².